The second-order valence-corrected chi connectivity index (χ2v) is 8.35. The Labute approximate surface area is 138 Å². The summed E-state index contributed by atoms with van der Waals surface area (Å²) in [6.45, 7) is 10.4. The molecule has 1 aromatic rings. The molecule has 0 bridgehead atoms. The van der Waals surface area contributed by atoms with E-state index in [-0.39, 0.29) is 11.3 Å². The Balaban J connectivity index is 1.84. The van der Waals surface area contributed by atoms with Crippen molar-refractivity contribution >= 4 is 17.2 Å². The third-order valence-electron chi connectivity index (χ3n) is 4.28. The van der Waals surface area contributed by atoms with Crippen LogP contribution in [0.1, 0.15) is 77.0 Å². The molecule has 1 atom stereocenters. The van der Waals surface area contributed by atoms with Gasteiger partial charge in [-0.3, -0.25) is 4.79 Å². The fourth-order valence-electron chi connectivity index (χ4n) is 2.95. The largest absolute Gasteiger partial charge is 0.354 e. The molecule has 5 heteroatoms. The number of thiazole rings is 1. The van der Waals surface area contributed by atoms with E-state index in [0.717, 1.165) is 25.7 Å². The van der Waals surface area contributed by atoms with Crippen molar-refractivity contribution < 1.29 is 4.79 Å². The van der Waals surface area contributed by atoms with E-state index in [1.807, 2.05) is 0 Å². The predicted octanol–water partition coefficient (Wildman–Crippen LogP) is 3.54. The van der Waals surface area contributed by atoms with Crippen molar-refractivity contribution in [2.24, 2.45) is 0 Å². The van der Waals surface area contributed by atoms with Gasteiger partial charge >= 0.3 is 0 Å². The highest BCUT2D eigenvalue weighted by molar-refractivity contribution is 7.09. The zero-order chi connectivity index (χ0) is 16.3. The Morgan fingerprint density at radius 1 is 1.27 bits per heavy atom. The van der Waals surface area contributed by atoms with Crippen LogP contribution in [0.3, 0.4) is 0 Å². The monoisotopic (exact) mass is 323 g/mol. The van der Waals surface area contributed by atoms with E-state index in [4.69, 9.17) is 4.98 Å². The topological polar surface area (TPSA) is 54.0 Å². The van der Waals surface area contributed by atoms with Crippen LogP contribution >= 0.6 is 11.3 Å². The van der Waals surface area contributed by atoms with Crippen molar-refractivity contribution in [3.63, 3.8) is 0 Å². The zero-order valence-electron chi connectivity index (χ0n) is 14.4. The summed E-state index contributed by atoms with van der Waals surface area (Å²) in [6.07, 6.45) is 4.36. The standard InChI is InChI=1S/C17H29N3OS/c1-11(16-20-15(10-22-16)17(3,4)5)18-13-6-8-14(9-7-13)19-12(2)21/h10-11,13-14,18H,6-9H2,1-5H3,(H,19,21)/t11-,13?,14?/m0/s1. The van der Waals surface area contributed by atoms with Gasteiger partial charge in [-0.2, -0.15) is 0 Å². The summed E-state index contributed by atoms with van der Waals surface area (Å²) in [6, 6.07) is 1.18. The molecular formula is C17H29N3OS. The van der Waals surface area contributed by atoms with Gasteiger partial charge in [-0.05, 0) is 32.6 Å². The van der Waals surface area contributed by atoms with E-state index >= 15 is 0 Å². The predicted molar refractivity (Wildman–Crippen MR) is 92.2 cm³/mol. The fourth-order valence-corrected chi connectivity index (χ4v) is 4.01. The zero-order valence-corrected chi connectivity index (χ0v) is 15.2. The minimum absolute atomic E-state index is 0.0854. The van der Waals surface area contributed by atoms with E-state index in [9.17, 15) is 4.79 Å². The van der Waals surface area contributed by atoms with Crippen LogP contribution in [0.2, 0.25) is 0 Å². The Hall–Kier alpha value is -0.940. The molecule has 22 heavy (non-hydrogen) atoms. The molecule has 0 aliphatic heterocycles. The van der Waals surface area contributed by atoms with Gasteiger partial charge in [-0.25, -0.2) is 4.98 Å². The first-order valence-electron chi connectivity index (χ1n) is 8.24. The molecule has 4 nitrogen and oxygen atoms in total. The van der Waals surface area contributed by atoms with Crippen LogP contribution in [0.4, 0.5) is 0 Å². The molecule has 1 aliphatic carbocycles. The van der Waals surface area contributed by atoms with Crippen LogP contribution in [-0.4, -0.2) is 23.0 Å². The first kappa shape index (κ1) is 17.4. The van der Waals surface area contributed by atoms with E-state index in [2.05, 4.69) is 43.7 Å². The van der Waals surface area contributed by atoms with Gasteiger partial charge in [0.1, 0.15) is 5.01 Å². The lowest BCUT2D eigenvalue weighted by molar-refractivity contribution is -0.119. The van der Waals surface area contributed by atoms with E-state index in [1.54, 1.807) is 18.3 Å². The molecule has 0 saturated heterocycles. The number of carbonyl (C=O) groups is 1. The number of nitrogens with one attached hydrogen (secondary N) is 2. The summed E-state index contributed by atoms with van der Waals surface area (Å²) in [5, 5.41) is 10.1. The lowest BCUT2D eigenvalue weighted by Gasteiger charge is -2.31. The summed E-state index contributed by atoms with van der Waals surface area (Å²) >= 11 is 1.75. The lowest BCUT2D eigenvalue weighted by atomic mass is 9.90. The molecule has 1 amide bonds. The molecule has 0 spiro atoms. The van der Waals surface area contributed by atoms with Crippen LogP contribution in [0.25, 0.3) is 0 Å². The molecule has 2 N–H and O–H groups in total. The molecule has 2 rings (SSSR count). The van der Waals surface area contributed by atoms with Crippen molar-refractivity contribution in [1.29, 1.82) is 0 Å². The third kappa shape index (κ3) is 4.78. The van der Waals surface area contributed by atoms with Crippen LogP contribution in [-0.2, 0) is 10.2 Å². The maximum absolute atomic E-state index is 11.1. The Morgan fingerprint density at radius 3 is 2.36 bits per heavy atom. The average molecular weight is 324 g/mol. The van der Waals surface area contributed by atoms with Crippen LogP contribution < -0.4 is 10.6 Å². The van der Waals surface area contributed by atoms with Crippen molar-refractivity contribution in [1.82, 2.24) is 15.6 Å². The molecule has 124 valence electrons. The summed E-state index contributed by atoms with van der Waals surface area (Å²) in [4.78, 5) is 15.9. The highest BCUT2D eigenvalue weighted by Crippen LogP contribution is 2.28. The highest BCUT2D eigenvalue weighted by Gasteiger charge is 2.24. The summed E-state index contributed by atoms with van der Waals surface area (Å²) in [5.74, 6) is 0.0854. The Kier molecular flexibility index (Phi) is 5.61. The highest BCUT2D eigenvalue weighted by atomic mass is 32.1. The summed E-state index contributed by atoms with van der Waals surface area (Å²) in [5.41, 5.74) is 1.29. The molecule has 1 saturated carbocycles. The maximum atomic E-state index is 11.1. The molecule has 1 heterocycles. The number of rotatable bonds is 4. The van der Waals surface area contributed by atoms with Gasteiger partial charge in [0.2, 0.25) is 5.91 Å². The molecule has 0 unspecified atom stereocenters. The minimum atomic E-state index is 0.0854. The third-order valence-corrected chi connectivity index (χ3v) is 5.31. The molecule has 1 aromatic heterocycles. The second-order valence-electron chi connectivity index (χ2n) is 7.46. The fraction of sp³-hybridized carbons (Fsp3) is 0.765. The number of hydrogen-bond donors (Lipinski definition) is 2. The smallest absolute Gasteiger partial charge is 0.217 e. The van der Waals surface area contributed by atoms with Gasteiger partial charge in [0.05, 0.1) is 11.7 Å². The minimum Gasteiger partial charge on any atom is -0.354 e. The van der Waals surface area contributed by atoms with Gasteiger partial charge in [-0.1, -0.05) is 20.8 Å². The second kappa shape index (κ2) is 7.09. The number of hydrogen-bond acceptors (Lipinski definition) is 4. The Morgan fingerprint density at radius 2 is 1.86 bits per heavy atom. The van der Waals surface area contributed by atoms with E-state index in [1.165, 1.54) is 10.7 Å². The van der Waals surface area contributed by atoms with Crippen molar-refractivity contribution in [2.45, 2.75) is 83.8 Å². The summed E-state index contributed by atoms with van der Waals surface area (Å²) in [7, 11) is 0. The van der Waals surface area contributed by atoms with Gasteiger partial charge in [-0.15, -0.1) is 11.3 Å². The molecular weight excluding hydrogens is 294 g/mol. The van der Waals surface area contributed by atoms with Gasteiger partial charge < -0.3 is 10.6 Å². The van der Waals surface area contributed by atoms with Crippen molar-refractivity contribution in [3.8, 4) is 0 Å². The maximum Gasteiger partial charge on any atom is 0.217 e. The van der Waals surface area contributed by atoms with Crippen LogP contribution in [0.5, 0.6) is 0 Å². The van der Waals surface area contributed by atoms with Gasteiger partial charge in [0, 0.05) is 29.8 Å². The van der Waals surface area contributed by atoms with Gasteiger partial charge in [0.15, 0.2) is 0 Å². The van der Waals surface area contributed by atoms with Crippen LogP contribution in [0, 0.1) is 0 Å². The first-order chi connectivity index (χ1) is 10.3. The number of aromatic nitrogens is 1. The molecule has 1 aliphatic rings. The number of carbonyl (C=O) groups excluding carboxylic acids is 1. The van der Waals surface area contributed by atoms with Crippen molar-refractivity contribution in [2.75, 3.05) is 0 Å². The number of amides is 1. The van der Waals surface area contributed by atoms with E-state index in [0.29, 0.717) is 18.1 Å². The van der Waals surface area contributed by atoms with E-state index < -0.39 is 0 Å². The molecule has 1 fully saturated rings. The van der Waals surface area contributed by atoms with Crippen molar-refractivity contribution in [3.05, 3.63) is 16.1 Å². The quantitative estimate of drug-likeness (QED) is 0.891. The SMILES string of the molecule is CC(=O)NC1CCC(N[C@@H](C)c2nc(C(C)(C)C)cs2)CC1. The first-order valence-corrected chi connectivity index (χ1v) is 9.12. The van der Waals surface area contributed by atoms with Crippen LogP contribution in [0.15, 0.2) is 5.38 Å². The number of nitrogens with zero attached hydrogens (tertiary/aromatic N) is 1. The normalized spacial score (nSPS) is 24.0. The summed E-state index contributed by atoms with van der Waals surface area (Å²) < 4.78 is 0. The average Bonchev–Trinajstić information content (AvgIpc) is 2.90. The van der Waals surface area contributed by atoms with Gasteiger partial charge in [0.25, 0.3) is 0 Å². The molecule has 0 aromatic carbocycles. The molecule has 0 radical (unpaired) electrons. The Bertz CT molecular complexity index is 498. The lowest BCUT2D eigenvalue weighted by Crippen LogP contribution is -2.42.